The van der Waals surface area contributed by atoms with E-state index in [-0.39, 0.29) is 0 Å². The number of aromatic nitrogens is 1. The highest BCUT2D eigenvalue weighted by molar-refractivity contribution is 5.88. The minimum Gasteiger partial charge on any atom is -0.248 e. The highest BCUT2D eigenvalue weighted by atomic mass is 14.7. The van der Waals surface area contributed by atoms with Crippen molar-refractivity contribution in [1.82, 2.24) is 4.98 Å². The van der Waals surface area contributed by atoms with Crippen LogP contribution in [0.3, 0.4) is 0 Å². The van der Waals surface area contributed by atoms with Crippen LogP contribution in [-0.4, -0.2) is 4.98 Å². The van der Waals surface area contributed by atoms with Crippen LogP contribution < -0.4 is 0 Å². The monoisotopic (exact) mass is 459 g/mol. The van der Waals surface area contributed by atoms with E-state index in [0.717, 1.165) is 28.1 Å². The second-order valence-electron chi connectivity index (χ2n) is 8.85. The zero-order valence-electron chi connectivity index (χ0n) is 19.9. The van der Waals surface area contributed by atoms with E-state index in [9.17, 15) is 0 Å². The lowest BCUT2D eigenvalue weighted by atomic mass is 9.90. The molecule has 0 atom stereocenters. The molecule has 0 aliphatic carbocycles. The molecular weight excluding hydrogens is 434 g/mol. The summed E-state index contributed by atoms with van der Waals surface area (Å²) >= 11 is 0. The fourth-order valence-electron chi connectivity index (χ4n) is 4.66. The van der Waals surface area contributed by atoms with Gasteiger partial charge in [0.05, 0.1) is 11.4 Å². The Morgan fingerprint density at radius 1 is 0.278 bits per heavy atom. The van der Waals surface area contributed by atoms with E-state index < -0.39 is 0 Å². The van der Waals surface area contributed by atoms with E-state index in [0.29, 0.717) is 0 Å². The molecular formula is C35H25N. The molecule has 0 fully saturated rings. The van der Waals surface area contributed by atoms with E-state index in [1.165, 1.54) is 27.8 Å². The van der Waals surface area contributed by atoms with Crippen LogP contribution in [0, 0.1) is 0 Å². The van der Waals surface area contributed by atoms with Crippen LogP contribution in [0.1, 0.15) is 0 Å². The van der Waals surface area contributed by atoms with Crippen molar-refractivity contribution in [2.45, 2.75) is 0 Å². The summed E-state index contributed by atoms with van der Waals surface area (Å²) in [5.74, 6) is 0. The molecule has 0 aliphatic heterocycles. The van der Waals surface area contributed by atoms with Crippen molar-refractivity contribution in [3.05, 3.63) is 152 Å². The van der Waals surface area contributed by atoms with E-state index in [2.05, 4.69) is 140 Å². The Morgan fingerprint density at radius 2 is 0.694 bits per heavy atom. The van der Waals surface area contributed by atoms with Crippen LogP contribution >= 0.6 is 0 Å². The van der Waals surface area contributed by atoms with E-state index in [1.807, 2.05) is 12.1 Å². The summed E-state index contributed by atoms with van der Waals surface area (Å²) in [6.07, 6.45) is 0. The molecule has 0 saturated carbocycles. The lowest BCUT2D eigenvalue weighted by molar-refractivity contribution is 1.32. The zero-order chi connectivity index (χ0) is 24.2. The van der Waals surface area contributed by atoms with Crippen LogP contribution in [0.25, 0.3) is 55.9 Å². The summed E-state index contributed by atoms with van der Waals surface area (Å²) in [6, 6.07) is 53.3. The first-order valence-corrected chi connectivity index (χ1v) is 12.2. The van der Waals surface area contributed by atoms with Gasteiger partial charge in [0.2, 0.25) is 0 Å². The molecule has 0 bridgehead atoms. The summed E-state index contributed by atoms with van der Waals surface area (Å²) in [5.41, 5.74) is 11.4. The molecule has 36 heavy (non-hydrogen) atoms. The minimum atomic E-state index is 0.973. The first-order chi connectivity index (χ1) is 17.8. The molecule has 0 saturated heterocycles. The predicted molar refractivity (Wildman–Crippen MR) is 151 cm³/mol. The lowest BCUT2D eigenvalue weighted by Crippen LogP contribution is -1.92. The van der Waals surface area contributed by atoms with Gasteiger partial charge < -0.3 is 0 Å². The number of nitrogens with zero attached hydrogens (tertiary/aromatic N) is 1. The number of hydrogen-bond acceptors (Lipinski definition) is 1. The fraction of sp³-hybridized carbons (Fsp3) is 0. The van der Waals surface area contributed by atoms with Gasteiger partial charge in [-0.2, -0.15) is 0 Å². The molecule has 6 rings (SSSR count). The standard InChI is InChI=1S/C35H25N/c1-5-13-26(14-6-1)32-22-21-30(23-33(32)27-15-7-2-8-16-27)31-24-34(28-17-9-3-10-18-28)36-35(25-31)29-19-11-4-12-20-29/h1-25H. The Kier molecular flexibility index (Phi) is 5.96. The average Bonchev–Trinajstić information content (AvgIpc) is 2.98. The van der Waals surface area contributed by atoms with Crippen molar-refractivity contribution in [3.63, 3.8) is 0 Å². The van der Waals surface area contributed by atoms with Gasteiger partial charge in [-0.25, -0.2) is 4.98 Å². The molecule has 170 valence electrons. The zero-order valence-corrected chi connectivity index (χ0v) is 19.9. The summed E-state index contributed by atoms with van der Waals surface area (Å²) in [7, 11) is 0. The number of pyridine rings is 1. The van der Waals surface area contributed by atoms with Crippen LogP contribution in [-0.2, 0) is 0 Å². The largest absolute Gasteiger partial charge is 0.248 e. The van der Waals surface area contributed by atoms with Gasteiger partial charge in [-0.15, -0.1) is 0 Å². The van der Waals surface area contributed by atoms with Gasteiger partial charge in [0, 0.05) is 11.1 Å². The summed E-state index contributed by atoms with van der Waals surface area (Å²) in [6.45, 7) is 0. The molecule has 0 amide bonds. The van der Waals surface area contributed by atoms with E-state index in [1.54, 1.807) is 0 Å². The normalized spacial score (nSPS) is 10.8. The first-order valence-electron chi connectivity index (χ1n) is 12.2. The third kappa shape index (κ3) is 4.47. The van der Waals surface area contributed by atoms with Crippen molar-refractivity contribution in [2.75, 3.05) is 0 Å². The second kappa shape index (κ2) is 9.85. The smallest absolute Gasteiger partial charge is 0.0715 e. The quantitative estimate of drug-likeness (QED) is 0.250. The third-order valence-electron chi connectivity index (χ3n) is 6.49. The molecule has 0 unspecified atom stereocenters. The SMILES string of the molecule is c1ccc(-c2cc(-c3ccc(-c4ccccc4)c(-c4ccccc4)c3)cc(-c3ccccc3)n2)cc1. The van der Waals surface area contributed by atoms with Crippen molar-refractivity contribution in [3.8, 4) is 55.9 Å². The van der Waals surface area contributed by atoms with Crippen LogP contribution in [0.4, 0.5) is 0 Å². The molecule has 0 radical (unpaired) electrons. The maximum Gasteiger partial charge on any atom is 0.0715 e. The predicted octanol–water partition coefficient (Wildman–Crippen LogP) is 9.42. The molecule has 0 spiro atoms. The van der Waals surface area contributed by atoms with E-state index in [4.69, 9.17) is 4.98 Å². The van der Waals surface area contributed by atoms with Crippen molar-refractivity contribution >= 4 is 0 Å². The molecule has 1 heterocycles. The van der Waals surface area contributed by atoms with Crippen molar-refractivity contribution in [1.29, 1.82) is 0 Å². The highest BCUT2D eigenvalue weighted by Crippen LogP contribution is 2.37. The molecule has 5 aromatic carbocycles. The van der Waals surface area contributed by atoms with Crippen LogP contribution in [0.15, 0.2) is 152 Å². The Labute approximate surface area is 212 Å². The molecule has 6 aromatic rings. The van der Waals surface area contributed by atoms with Gasteiger partial charge in [-0.05, 0) is 51.6 Å². The lowest BCUT2D eigenvalue weighted by Gasteiger charge is -2.15. The number of rotatable bonds is 5. The topological polar surface area (TPSA) is 12.9 Å². The van der Waals surface area contributed by atoms with E-state index >= 15 is 0 Å². The molecule has 1 heteroatoms. The fourth-order valence-corrected chi connectivity index (χ4v) is 4.66. The van der Waals surface area contributed by atoms with Crippen LogP contribution in [0.2, 0.25) is 0 Å². The average molecular weight is 460 g/mol. The summed E-state index contributed by atoms with van der Waals surface area (Å²) in [5, 5.41) is 0. The Bertz CT molecular complexity index is 1530. The van der Waals surface area contributed by atoms with Gasteiger partial charge in [0.15, 0.2) is 0 Å². The van der Waals surface area contributed by atoms with Gasteiger partial charge in [-0.1, -0.05) is 133 Å². The second-order valence-corrected chi connectivity index (χ2v) is 8.85. The Balaban J connectivity index is 1.55. The van der Waals surface area contributed by atoms with Crippen LogP contribution in [0.5, 0.6) is 0 Å². The van der Waals surface area contributed by atoms with Crippen molar-refractivity contribution < 1.29 is 0 Å². The molecule has 1 nitrogen and oxygen atoms in total. The Morgan fingerprint density at radius 3 is 1.17 bits per heavy atom. The van der Waals surface area contributed by atoms with Gasteiger partial charge in [0.25, 0.3) is 0 Å². The number of benzene rings is 5. The van der Waals surface area contributed by atoms with Gasteiger partial charge in [0.1, 0.15) is 0 Å². The Hall–Kier alpha value is -4.75. The molecule has 0 aliphatic rings. The summed E-state index contributed by atoms with van der Waals surface area (Å²) < 4.78 is 0. The molecule has 1 aromatic heterocycles. The minimum absolute atomic E-state index is 0.973. The van der Waals surface area contributed by atoms with Crippen molar-refractivity contribution in [2.24, 2.45) is 0 Å². The first kappa shape index (κ1) is 21.8. The maximum atomic E-state index is 5.05. The number of hydrogen-bond donors (Lipinski definition) is 0. The van der Waals surface area contributed by atoms with Gasteiger partial charge in [-0.3, -0.25) is 0 Å². The van der Waals surface area contributed by atoms with Gasteiger partial charge >= 0.3 is 0 Å². The highest BCUT2D eigenvalue weighted by Gasteiger charge is 2.13. The molecule has 0 N–H and O–H groups in total. The maximum absolute atomic E-state index is 5.05. The third-order valence-corrected chi connectivity index (χ3v) is 6.49. The summed E-state index contributed by atoms with van der Waals surface area (Å²) in [4.78, 5) is 5.05.